The fraction of sp³-hybridized carbons (Fsp3) is 0.0667. The topological polar surface area (TPSA) is 3.24 Å². The van der Waals surface area contributed by atoms with Crippen LogP contribution in [0.4, 0.5) is 17.1 Å². The van der Waals surface area contributed by atoms with Crippen molar-refractivity contribution in [2.75, 3.05) is 4.90 Å². The van der Waals surface area contributed by atoms with Crippen LogP contribution in [0.5, 0.6) is 0 Å². The van der Waals surface area contributed by atoms with Gasteiger partial charge in [-0.2, -0.15) is 0 Å². The van der Waals surface area contributed by atoms with E-state index in [1.165, 1.54) is 111 Å². The van der Waals surface area contributed by atoms with E-state index in [-0.39, 0.29) is 5.41 Å². The van der Waals surface area contributed by atoms with Gasteiger partial charge in [0.1, 0.15) is 0 Å². The molecule has 0 saturated carbocycles. The molecule has 76 heavy (non-hydrogen) atoms. The number of fused-ring (bicyclic) bond motifs is 10. The fourth-order valence-corrected chi connectivity index (χ4v) is 14.1. The molecule has 15 rings (SSSR count). The van der Waals surface area contributed by atoms with Crippen LogP contribution < -0.4 is 4.90 Å². The second kappa shape index (κ2) is 16.9. The molecular weight excluding hydrogens is 915 g/mol. The van der Waals surface area contributed by atoms with E-state index in [4.69, 9.17) is 0 Å². The fourth-order valence-electron chi connectivity index (χ4n) is 14.1. The Bertz CT molecular complexity index is 3980. The summed E-state index contributed by atoms with van der Waals surface area (Å²) in [6.07, 6.45) is 0. The summed E-state index contributed by atoms with van der Waals surface area (Å²) < 4.78 is 0. The molecule has 1 heteroatoms. The average molecular weight is 968 g/mol. The molecule has 0 aromatic heterocycles. The summed E-state index contributed by atoms with van der Waals surface area (Å²) in [5.41, 5.74) is 25.0. The number of rotatable bonds is 8. The van der Waals surface area contributed by atoms with Crippen LogP contribution in [0.25, 0.3) is 55.3 Å². The monoisotopic (exact) mass is 967 g/mol. The van der Waals surface area contributed by atoms with Gasteiger partial charge in [0, 0.05) is 22.5 Å². The molecule has 358 valence electrons. The summed E-state index contributed by atoms with van der Waals surface area (Å²) >= 11 is 0. The lowest BCUT2D eigenvalue weighted by Gasteiger charge is -2.36. The third kappa shape index (κ3) is 6.20. The lowest BCUT2D eigenvalue weighted by atomic mass is 9.67. The van der Waals surface area contributed by atoms with Gasteiger partial charge < -0.3 is 4.90 Å². The van der Waals surface area contributed by atoms with Crippen molar-refractivity contribution >= 4 is 27.8 Å². The van der Waals surface area contributed by atoms with Gasteiger partial charge >= 0.3 is 0 Å². The van der Waals surface area contributed by atoms with Gasteiger partial charge in [0.05, 0.1) is 10.8 Å². The Morgan fingerprint density at radius 2 is 0.592 bits per heavy atom. The highest BCUT2D eigenvalue weighted by atomic mass is 15.1. The molecule has 0 amide bonds. The zero-order valence-corrected chi connectivity index (χ0v) is 42.6. The van der Waals surface area contributed by atoms with Crippen molar-refractivity contribution in [2.45, 2.75) is 30.1 Å². The normalized spacial score (nSPS) is 14.5. The predicted octanol–water partition coefficient (Wildman–Crippen LogP) is 19.0. The highest BCUT2D eigenvalue weighted by Gasteiger charge is 2.48. The van der Waals surface area contributed by atoms with E-state index in [1.54, 1.807) is 0 Å². The van der Waals surface area contributed by atoms with Crippen LogP contribution in [0.2, 0.25) is 0 Å². The van der Waals surface area contributed by atoms with Crippen molar-refractivity contribution < 1.29 is 0 Å². The molecule has 0 atom stereocenters. The molecule has 0 spiro atoms. The molecule has 0 heterocycles. The Balaban J connectivity index is 0.977. The van der Waals surface area contributed by atoms with E-state index < -0.39 is 10.8 Å². The zero-order valence-electron chi connectivity index (χ0n) is 42.6. The van der Waals surface area contributed by atoms with E-state index >= 15 is 0 Å². The maximum atomic E-state index is 2.55. The van der Waals surface area contributed by atoms with Gasteiger partial charge in [-0.3, -0.25) is 0 Å². The average Bonchev–Trinajstić information content (AvgIpc) is 4.26. The SMILES string of the molecule is CC1(C)c2cc(-c3cccc4ccccc34)ccc2-c2ccc(N(c3ccc4c(c3)C(c3ccccc3)(c3ccccc3)c3ccccc3-4)c3ccc4c(c3)C(c3ccccc3)(c3ccccc3)c3ccccc3-4)cc21. The highest BCUT2D eigenvalue weighted by Crippen LogP contribution is 2.60. The second-order valence-electron chi connectivity index (χ2n) is 21.5. The third-order valence-electron chi connectivity index (χ3n) is 17.4. The van der Waals surface area contributed by atoms with Gasteiger partial charge in [0.25, 0.3) is 0 Å². The first-order chi connectivity index (χ1) is 37.5. The molecule has 0 N–H and O–H groups in total. The lowest BCUT2D eigenvalue weighted by Crippen LogP contribution is -2.29. The number of benzene rings is 12. The van der Waals surface area contributed by atoms with Crippen molar-refractivity contribution in [1.29, 1.82) is 0 Å². The Morgan fingerprint density at radius 3 is 1.08 bits per heavy atom. The summed E-state index contributed by atoms with van der Waals surface area (Å²) in [5.74, 6) is 0. The Morgan fingerprint density at radius 1 is 0.250 bits per heavy atom. The first-order valence-corrected chi connectivity index (χ1v) is 26.7. The van der Waals surface area contributed by atoms with Crippen LogP contribution in [0.3, 0.4) is 0 Å². The van der Waals surface area contributed by atoms with E-state index in [0.29, 0.717) is 0 Å². The number of hydrogen-bond acceptors (Lipinski definition) is 1. The summed E-state index contributed by atoms with van der Waals surface area (Å²) in [6.45, 7) is 4.83. The quantitative estimate of drug-likeness (QED) is 0.147. The van der Waals surface area contributed by atoms with Crippen molar-refractivity contribution in [3.63, 3.8) is 0 Å². The lowest BCUT2D eigenvalue weighted by molar-refractivity contribution is 0.660. The maximum absolute atomic E-state index is 2.55. The van der Waals surface area contributed by atoms with Crippen LogP contribution in [-0.4, -0.2) is 0 Å². The zero-order chi connectivity index (χ0) is 50.6. The van der Waals surface area contributed by atoms with Crippen LogP contribution in [0.1, 0.15) is 69.5 Å². The van der Waals surface area contributed by atoms with Gasteiger partial charge in [0.15, 0.2) is 0 Å². The van der Waals surface area contributed by atoms with Gasteiger partial charge in [-0.1, -0.05) is 257 Å². The molecule has 12 aromatic carbocycles. The van der Waals surface area contributed by atoms with Gasteiger partial charge in [0.2, 0.25) is 0 Å². The second-order valence-corrected chi connectivity index (χ2v) is 21.5. The Labute approximate surface area is 445 Å². The summed E-state index contributed by atoms with van der Waals surface area (Å²) in [6, 6.07) is 107. The molecule has 0 aliphatic heterocycles. The number of hydrogen-bond donors (Lipinski definition) is 0. The molecule has 1 nitrogen and oxygen atoms in total. The van der Waals surface area contributed by atoms with Crippen molar-refractivity contribution in [1.82, 2.24) is 0 Å². The first kappa shape index (κ1) is 44.2. The van der Waals surface area contributed by atoms with E-state index in [2.05, 4.69) is 304 Å². The molecule has 0 radical (unpaired) electrons. The van der Waals surface area contributed by atoms with Crippen LogP contribution >= 0.6 is 0 Å². The van der Waals surface area contributed by atoms with Gasteiger partial charge in [-0.25, -0.2) is 0 Å². The summed E-state index contributed by atoms with van der Waals surface area (Å²) in [5, 5.41) is 2.53. The number of nitrogens with zero attached hydrogens (tertiary/aromatic N) is 1. The maximum Gasteiger partial charge on any atom is 0.0714 e. The molecule has 0 bridgehead atoms. The van der Waals surface area contributed by atoms with Crippen LogP contribution in [0, 0.1) is 0 Å². The third-order valence-corrected chi connectivity index (χ3v) is 17.4. The van der Waals surface area contributed by atoms with Gasteiger partial charge in [-0.05, 0) is 153 Å². The Kier molecular flexibility index (Phi) is 9.81. The minimum absolute atomic E-state index is 0.280. The molecule has 3 aliphatic rings. The number of anilines is 3. The highest BCUT2D eigenvalue weighted by molar-refractivity contribution is 5.98. The first-order valence-electron chi connectivity index (χ1n) is 26.7. The summed E-state index contributed by atoms with van der Waals surface area (Å²) in [7, 11) is 0. The molecule has 3 aliphatic carbocycles. The van der Waals surface area contributed by atoms with Crippen LogP contribution in [-0.2, 0) is 16.2 Å². The van der Waals surface area contributed by atoms with Crippen molar-refractivity contribution in [3.8, 4) is 44.5 Å². The predicted molar refractivity (Wildman–Crippen MR) is 316 cm³/mol. The summed E-state index contributed by atoms with van der Waals surface area (Å²) in [4.78, 5) is 2.55. The minimum atomic E-state index is -0.561. The standard InChI is InChI=1S/C75H53N/c1-73(2)69-46-51(60-35-21-23-50-22-15-16-32-59(50)60)38-42-63(69)64-43-39-56(47-70(64)73)76(57-40-44-65-61-33-17-19-36-67(61)74(71(65)48-57,52-24-7-3-8-25-52)53-26-9-4-10-27-53)58-41-45-66-62-34-18-20-37-68(62)75(72(66)49-58,54-28-11-5-12-29-54)55-30-13-6-14-31-55/h3-49H,1-2H3. The Hall–Kier alpha value is -9.30. The molecule has 0 fully saturated rings. The molecule has 0 saturated heterocycles. The largest absolute Gasteiger partial charge is 0.310 e. The van der Waals surface area contributed by atoms with E-state index in [0.717, 1.165) is 17.1 Å². The molecular formula is C75H53N. The smallest absolute Gasteiger partial charge is 0.0714 e. The van der Waals surface area contributed by atoms with E-state index in [9.17, 15) is 0 Å². The molecule has 0 unspecified atom stereocenters. The molecule has 12 aromatic rings. The van der Waals surface area contributed by atoms with Crippen molar-refractivity contribution in [2.24, 2.45) is 0 Å². The van der Waals surface area contributed by atoms with Crippen LogP contribution in [0.15, 0.2) is 285 Å². The van der Waals surface area contributed by atoms with Gasteiger partial charge in [-0.15, -0.1) is 0 Å². The van der Waals surface area contributed by atoms with E-state index in [1.807, 2.05) is 0 Å². The minimum Gasteiger partial charge on any atom is -0.310 e. The van der Waals surface area contributed by atoms with Crippen molar-refractivity contribution in [3.05, 3.63) is 341 Å².